The van der Waals surface area contributed by atoms with E-state index in [1.807, 2.05) is 13.8 Å². The summed E-state index contributed by atoms with van der Waals surface area (Å²) in [5, 5.41) is 2.98. The Morgan fingerprint density at radius 2 is 1.95 bits per heavy atom. The number of halogens is 1. The van der Waals surface area contributed by atoms with Crippen molar-refractivity contribution in [3.63, 3.8) is 0 Å². The van der Waals surface area contributed by atoms with E-state index in [-0.39, 0.29) is 21.6 Å². The number of carbonyl (C=O) groups is 1. The van der Waals surface area contributed by atoms with E-state index in [4.69, 9.17) is 0 Å². The van der Waals surface area contributed by atoms with Gasteiger partial charge in [0.05, 0.1) is 10.6 Å². The summed E-state index contributed by atoms with van der Waals surface area (Å²) in [6.07, 6.45) is 0.654. The molecule has 3 rings (SSSR count). The van der Waals surface area contributed by atoms with Crippen molar-refractivity contribution < 1.29 is 17.6 Å². The summed E-state index contributed by atoms with van der Waals surface area (Å²) in [6, 6.07) is 3.54. The van der Waals surface area contributed by atoms with Crippen LogP contribution in [-0.4, -0.2) is 14.2 Å². The van der Waals surface area contributed by atoms with E-state index in [9.17, 15) is 17.6 Å². The maximum absolute atomic E-state index is 13.3. The van der Waals surface area contributed by atoms with Crippen molar-refractivity contribution >= 4 is 21.3 Å². The summed E-state index contributed by atoms with van der Waals surface area (Å²) in [6.45, 7) is 3.84. The fraction of sp³-hybridized carbons (Fsp3) is 0.357. The summed E-state index contributed by atoms with van der Waals surface area (Å²) in [7, 11) is -3.94. The Morgan fingerprint density at radius 1 is 1.25 bits per heavy atom. The molecule has 1 N–H and O–H groups in total. The topological polar surface area (TPSA) is 63.2 Å². The summed E-state index contributed by atoms with van der Waals surface area (Å²) >= 11 is 0. The number of nitrogens with one attached hydrogen (secondary N) is 1. The molecule has 1 aromatic rings. The van der Waals surface area contributed by atoms with Gasteiger partial charge in [-0.25, -0.2) is 12.8 Å². The Balaban J connectivity index is 2.24. The molecule has 1 aliphatic carbocycles. The Morgan fingerprint density at radius 3 is 2.65 bits per heavy atom. The van der Waals surface area contributed by atoms with Crippen LogP contribution < -0.4 is 5.32 Å². The summed E-state index contributed by atoms with van der Waals surface area (Å²) in [5.74, 6) is -1.04. The monoisotopic (exact) mass is 295 g/mol. The fourth-order valence-electron chi connectivity index (χ4n) is 2.81. The smallest absolute Gasteiger partial charge is 0.213 e. The summed E-state index contributed by atoms with van der Waals surface area (Å²) in [5.41, 5.74) is 0.469. The number of hydrogen-bond acceptors (Lipinski definition) is 4. The highest BCUT2D eigenvalue weighted by atomic mass is 32.2. The molecule has 1 aromatic carbocycles. The molecule has 4 nitrogen and oxygen atoms in total. The first-order valence-electron chi connectivity index (χ1n) is 6.29. The molecule has 6 heteroatoms. The number of Topliss-reactive ketones (excluding diaryl/α,β-unsaturated/α-hetero) is 1. The Labute approximate surface area is 116 Å². The molecular formula is C14H14FNO3S. The molecule has 0 bridgehead atoms. The number of fused-ring (bicyclic) bond motifs is 1. The highest BCUT2D eigenvalue weighted by Gasteiger charge is 2.43. The normalized spacial score (nSPS) is 22.9. The van der Waals surface area contributed by atoms with Crippen LogP contribution in [0, 0.1) is 11.2 Å². The molecule has 1 heterocycles. The van der Waals surface area contributed by atoms with Crippen molar-refractivity contribution in [2.24, 2.45) is 5.41 Å². The summed E-state index contributed by atoms with van der Waals surface area (Å²) < 4.78 is 38.3. The van der Waals surface area contributed by atoms with Gasteiger partial charge >= 0.3 is 0 Å². The van der Waals surface area contributed by atoms with Gasteiger partial charge in [-0.3, -0.25) is 4.79 Å². The van der Waals surface area contributed by atoms with E-state index < -0.39 is 21.4 Å². The third-order valence-electron chi connectivity index (χ3n) is 3.61. The average molecular weight is 295 g/mol. The third kappa shape index (κ3) is 1.86. The zero-order chi connectivity index (χ0) is 14.7. The van der Waals surface area contributed by atoms with Crippen LogP contribution in [0.2, 0.25) is 0 Å². The van der Waals surface area contributed by atoms with Gasteiger partial charge in [0.25, 0.3) is 0 Å². The van der Waals surface area contributed by atoms with E-state index >= 15 is 0 Å². The van der Waals surface area contributed by atoms with Crippen molar-refractivity contribution in [1.29, 1.82) is 0 Å². The third-order valence-corrected chi connectivity index (χ3v) is 5.54. The number of sulfone groups is 1. The largest absolute Gasteiger partial charge is 0.357 e. The molecule has 0 fully saturated rings. The van der Waals surface area contributed by atoms with Crippen molar-refractivity contribution in [2.75, 3.05) is 5.32 Å². The van der Waals surface area contributed by atoms with Crippen LogP contribution in [0.3, 0.4) is 0 Å². The first kappa shape index (κ1) is 13.3. The van der Waals surface area contributed by atoms with Gasteiger partial charge in [-0.05, 0) is 30.0 Å². The van der Waals surface area contributed by atoms with E-state index in [2.05, 4.69) is 5.32 Å². The Bertz CT molecular complexity index is 763. The van der Waals surface area contributed by atoms with E-state index in [1.54, 1.807) is 0 Å². The maximum atomic E-state index is 13.3. The number of rotatable bonds is 0. The van der Waals surface area contributed by atoms with Crippen LogP contribution >= 0.6 is 0 Å². The Kier molecular flexibility index (Phi) is 2.60. The predicted molar refractivity (Wildman–Crippen MR) is 72.3 cm³/mol. The van der Waals surface area contributed by atoms with Crippen LogP contribution in [0.15, 0.2) is 33.7 Å². The van der Waals surface area contributed by atoms with Gasteiger partial charge in [0.2, 0.25) is 9.84 Å². The van der Waals surface area contributed by atoms with Crippen LogP contribution in [0.5, 0.6) is 0 Å². The number of hydrogen-bond donors (Lipinski definition) is 1. The SMILES string of the molecule is CC1(C)CC(=O)C2=C(C1)Nc1ccc(F)cc1S2(=O)=O. The average Bonchev–Trinajstić information content (AvgIpc) is 2.27. The highest BCUT2D eigenvalue weighted by molar-refractivity contribution is 7.96. The highest BCUT2D eigenvalue weighted by Crippen LogP contribution is 2.44. The second-order valence-corrected chi connectivity index (χ2v) is 7.87. The minimum Gasteiger partial charge on any atom is -0.357 e. The van der Waals surface area contributed by atoms with Gasteiger partial charge in [0.1, 0.15) is 10.7 Å². The Hall–Kier alpha value is -1.69. The first-order chi connectivity index (χ1) is 9.21. The summed E-state index contributed by atoms with van der Waals surface area (Å²) in [4.78, 5) is 11.8. The van der Waals surface area contributed by atoms with Gasteiger partial charge in [-0.2, -0.15) is 0 Å². The van der Waals surface area contributed by atoms with Crippen molar-refractivity contribution in [3.05, 3.63) is 34.6 Å². The standard InChI is InChI=1S/C14H14FNO3S/c1-14(2)6-10-13(11(17)7-14)20(18,19)12-5-8(15)3-4-9(12)16-10/h3-5,16H,6-7H2,1-2H3. The molecule has 0 atom stereocenters. The molecule has 0 saturated carbocycles. The molecule has 20 heavy (non-hydrogen) atoms. The van der Waals surface area contributed by atoms with Gasteiger partial charge in [-0.15, -0.1) is 0 Å². The van der Waals surface area contributed by atoms with Crippen molar-refractivity contribution in [2.45, 2.75) is 31.6 Å². The number of benzene rings is 1. The number of anilines is 1. The van der Waals surface area contributed by atoms with Crippen molar-refractivity contribution in [3.8, 4) is 0 Å². The quantitative estimate of drug-likeness (QED) is 0.799. The number of carbonyl (C=O) groups excluding carboxylic acids is 1. The number of ketones is 1. The van der Waals surface area contributed by atoms with Crippen molar-refractivity contribution in [1.82, 2.24) is 0 Å². The van der Waals surface area contributed by atoms with Crippen LogP contribution in [-0.2, 0) is 14.6 Å². The molecule has 2 aliphatic rings. The molecular weight excluding hydrogens is 281 g/mol. The molecule has 1 aliphatic heterocycles. The minimum atomic E-state index is -3.94. The zero-order valence-electron chi connectivity index (χ0n) is 11.2. The molecule has 0 spiro atoms. The van der Waals surface area contributed by atoms with Gasteiger partial charge in [0.15, 0.2) is 5.78 Å². The predicted octanol–water partition coefficient (Wildman–Crippen LogP) is 2.63. The molecule has 106 valence electrons. The second kappa shape index (κ2) is 3.91. The molecule has 0 radical (unpaired) electrons. The maximum Gasteiger partial charge on any atom is 0.213 e. The van der Waals surface area contributed by atoms with Gasteiger partial charge in [-0.1, -0.05) is 13.8 Å². The lowest BCUT2D eigenvalue weighted by atomic mass is 9.78. The van der Waals surface area contributed by atoms with E-state index in [0.29, 0.717) is 17.8 Å². The lowest BCUT2D eigenvalue weighted by Gasteiger charge is -2.35. The lowest BCUT2D eigenvalue weighted by molar-refractivity contribution is -0.117. The molecule has 0 aromatic heterocycles. The zero-order valence-corrected chi connectivity index (χ0v) is 12.0. The van der Waals surface area contributed by atoms with E-state index in [0.717, 1.165) is 6.07 Å². The fourth-order valence-corrected chi connectivity index (χ4v) is 4.53. The van der Waals surface area contributed by atoms with Gasteiger partial charge in [0, 0.05) is 12.1 Å². The van der Waals surface area contributed by atoms with Crippen LogP contribution in [0.1, 0.15) is 26.7 Å². The lowest BCUT2D eigenvalue weighted by Crippen LogP contribution is -2.34. The molecule has 0 unspecified atom stereocenters. The van der Waals surface area contributed by atoms with E-state index in [1.165, 1.54) is 12.1 Å². The second-order valence-electron chi connectivity index (χ2n) is 6.02. The first-order valence-corrected chi connectivity index (χ1v) is 7.77. The molecule has 0 saturated heterocycles. The van der Waals surface area contributed by atoms with Crippen LogP contribution in [0.25, 0.3) is 0 Å². The number of allylic oxidation sites excluding steroid dienone is 2. The minimum absolute atomic E-state index is 0.163. The molecule has 0 amide bonds. The van der Waals surface area contributed by atoms with Crippen LogP contribution in [0.4, 0.5) is 10.1 Å². The van der Waals surface area contributed by atoms with Gasteiger partial charge < -0.3 is 5.32 Å².